The average molecular weight is 688 g/mol. The maximum atomic E-state index is 13.0. The summed E-state index contributed by atoms with van der Waals surface area (Å²) in [6.07, 6.45) is 11.0. The Kier molecular flexibility index (Phi) is 10.4. The predicted molar refractivity (Wildman–Crippen MR) is 192 cm³/mol. The van der Waals surface area contributed by atoms with Crippen molar-refractivity contribution >= 4 is 23.3 Å². The summed E-state index contributed by atoms with van der Waals surface area (Å²) < 4.78 is 18.4. The number of ether oxygens (including phenoxy) is 3. The highest BCUT2D eigenvalue weighted by Crippen LogP contribution is 2.56. The molecule has 7 rings (SSSR count). The Hall–Kier alpha value is -3.33. The fourth-order valence-corrected chi connectivity index (χ4v) is 9.13. The van der Waals surface area contributed by atoms with Gasteiger partial charge in [-0.05, 0) is 129 Å². The standard InChI is InChI=1S/C40H50ClN3O5/c1-28(27-49-37-11-16-42-36-8-3-2-7-34(36)37)23-30-24-29-9-10-33(48-22-19-44-17-20-47-21-18-44)26-35(29)39(30)12-14-40(15-13-39,38(45)46)43-32-6-4-5-31(41)25-32/h4-6,9-11,16,25-26,28,30,43H,2-3,7-8,12-15,17-24,27H2,1H3,(H,45,46)/t28-,30?,39?,40?/m1/s1. The second kappa shape index (κ2) is 14.9. The zero-order valence-corrected chi connectivity index (χ0v) is 29.5. The number of nitrogens with zero attached hydrogens (tertiary/aromatic N) is 2. The number of hydrogen-bond donors (Lipinski definition) is 2. The SMILES string of the molecule is C[C@@H](COc1ccnc2c1CCCC2)CC1Cc2ccc(OCCN3CCOCC3)cc2C12CCC(Nc1cccc(Cl)c1)(C(=O)O)CC2. The lowest BCUT2D eigenvalue weighted by atomic mass is 9.59. The van der Waals surface area contributed by atoms with Crippen molar-refractivity contribution in [2.75, 3.05) is 51.4 Å². The summed E-state index contributed by atoms with van der Waals surface area (Å²) in [6.45, 7) is 7.91. The van der Waals surface area contributed by atoms with Crippen LogP contribution in [-0.2, 0) is 34.2 Å². The van der Waals surface area contributed by atoms with Gasteiger partial charge in [0.1, 0.15) is 23.6 Å². The molecule has 9 heteroatoms. The molecule has 2 fully saturated rings. The van der Waals surface area contributed by atoms with Crippen LogP contribution in [0.4, 0.5) is 5.69 Å². The first-order valence-electron chi connectivity index (χ1n) is 18.3. The minimum atomic E-state index is -1.05. The van der Waals surface area contributed by atoms with Gasteiger partial charge in [0.25, 0.3) is 0 Å². The molecule has 49 heavy (non-hydrogen) atoms. The number of anilines is 1. The van der Waals surface area contributed by atoms with Crippen LogP contribution in [0, 0.1) is 11.8 Å². The molecule has 1 unspecified atom stereocenters. The summed E-state index contributed by atoms with van der Waals surface area (Å²) in [4.78, 5) is 20.0. The van der Waals surface area contributed by atoms with E-state index < -0.39 is 11.5 Å². The molecule has 1 spiro atoms. The van der Waals surface area contributed by atoms with Crippen molar-refractivity contribution < 1.29 is 24.1 Å². The van der Waals surface area contributed by atoms with Crippen LogP contribution >= 0.6 is 11.6 Å². The number of aryl methyl sites for hydroxylation is 1. The minimum Gasteiger partial charge on any atom is -0.493 e. The zero-order chi connectivity index (χ0) is 33.8. The third kappa shape index (κ3) is 7.42. The molecule has 1 saturated heterocycles. The van der Waals surface area contributed by atoms with Crippen LogP contribution in [0.15, 0.2) is 54.7 Å². The first-order valence-corrected chi connectivity index (χ1v) is 18.6. The highest BCUT2D eigenvalue weighted by molar-refractivity contribution is 6.30. The Labute approximate surface area is 295 Å². The second-order valence-corrected chi connectivity index (χ2v) is 15.2. The van der Waals surface area contributed by atoms with Crippen LogP contribution in [-0.4, -0.2) is 72.6 Å². The summed E-state index contributed by atoms with van der Waals surface area (Å²) >= 11 is 6.28. The lowest BCUT2D eigenvalue weighted by Crippen LogP contribution is -2.53. The van der Waals surface area contributed by atoms with E-state index in [0.29, 0.717) is 42.9 Å². The molecule has 1 saturated carbocycles. The number of rotatable bonds is 12. The number of aromatic nitrogens is 1. The molecule has 2 N–H and O–H groups in total. The number of carbonyl (C=O) groups is 1. The number of nitrogens with one attached hydrogen (secondary N) is 1. The van der Waals surface area contributed by atoms with Gasteiger partial charge in [-0.2, -0.15) is 0 Å². The first-order chi connectivity index (χ1) is 23.8. The first kappa shape index (κ1) is 34.1. The Bertz CT molecular complexity index is 1620. The molecule has 4 aliphatic rings. The summed E-state index contributed by atoms with van der Waals surface area (Å²) in [6, 6.07) is 16.1. The highest BCUT2D eigenvalue weighted by Gasteiger charge is 2.54. The number of carboxylic acid groups (broad SMARTS) is 1. The fraction of sp³-hybridized carbons (Fsp3) is 0.550. The van der Waals surface area contributed by atoms with E-state index in [4.69, 9.17) is 25.8 Å². The van der Waals surface area contributed by atoms with Crippen molar-refractivity contribution in [1.82, 2.24) is 9.88 Å². The number of carboxylic acids is 1. The quantitative estimate of drug-likeness (QED) is 0.204. The lowest BCUT2D eigenvalue weighted by Gasteiger charge is -2.47. The van der Waals surface area contributed by atoms with Gasteiger partial charge in [0, 0.05) is 47.8 Å². The molecule has 2 aromatic carbocycles. The Morgan fingerprint density at radius 1 is 1.08 bits per heavy atom. The van der Waals surface area contributed by atoms with Gasteiger partial charge in [0.05, 0.1) is 19.8 Å². The molecule has 2 heterocycles. The molecule has 1 aromatic heterocycles. The maximum absolute atomic E-state index is 13.0. The van der Waals surface area contributed by atoms with Gasteiger partial charge in [-0.1, -0.05) is 30.7 Å². The van der Waals surface area contributed by atoms with E-state index in [0.717, 1.165) is 88.6 Å². The van der Waals surface area contributed by atoms with E-state index in [9.17, 15) is 9.90 Å². The van der Waals surface area contributed by atoms with Gasteiger partial charge in [0.15, 0.2) is 0 Å². The number of fused-ring (bicyclic) bond motifs is 3. The molecule has 0 radical (unpaired) electrons. The van der Waals surface area contributed by atoms with Crippen LogP contribution in [0.1, 0.15) is 74.3 Å². The van der Waals surface area contributed by atoms with Gasteiger partial charge < -0.3 is 24.6 Å². The average Bonchev–Trinajstić information content (AvgIpc) is 3.40. The Morgan fingerprint density at radius 2 is 1.90 bits per heavy atom. The van der Waals surface area contributed by atoms with Crippen LogP contribution in [0.5, 0.6) is 11.5 Å². The van der Waals surface area contributed by atoms with Crippen molar-refractivity contribution in [2.24, 2.45) is 11.8 Å². The summed E-state index contributed by atoms with van der Waals surface area (Å²) in [7, 11) is 0. The molecule has 262 valence electrons. The number of aliphatic carboxylic acids is 1. The van der Waals surface area contributed by atoms with E-state index in [1.54, 1.807) is 0 Å². The highest BCUT2D eigenvalue weighted by atomic mass is 35.5. The van der Waals surface area contributed by atoms with Crippen LogP contribution < -0.4 is 14.8 Å². The third-order valence-electron chi connectivity index (χ3n) is 11.7. The van der Waals surface area contributed by atoms with E-state index in [1.807, 2.05) is 36.5 Å². The summed E-state index contributed by atoms with van der Waals surface area (Å²) in [5.74, 6) is 1.81. The number of pyridine rings is 1. The number of hydrogen-bond acceptors (Lipinski definition) is 7. The van der Waals surface area contributed by atoms with E-state index >= 15 is 0 Å². The van der Waals surface area contributed by atoms with Gasteiger partial charge in [-0.3, -0.25) is 9.88 Å². The van der Waals surface area contributed by atoms with Crippen molar-refractivity contribution in [3.8, 4) is 11.5 Å². The van der Waals surface area contributed by atoms with Crippen molar-refractivity contribution in [1.29, 1.82) is 0 Å². The van der Waals surface area contributed by atoms with Crippen molar-refractivity contribution in [2.45, 2.75) is 82.1 Å². The van der Waals surface area contributed by atoms with E-state index in [-0.39, 0.29) is 5.41 Å². The van der Waals surface area contributed by atoms with Gasteiger partial charge in [0.2, 0.25) is 0 Å². The molecule has 3 aliphatic carbocycles. The second-order valence-electron chi connectivity index (χ2n) is 14.8. The van der Waals surface area contributed by atoms with Crippen molar-refractivity contribution in [3.05, 3.63) is 82.1 Å². The normalized spacial score (nSPS) is 25.7. The molecule has 0 bridgehead atoms. The molecule has 3 aromatic rings. The summed E-state index contributed by atoms with van der Waals surface area (Å²) in [5.41, 5.74) is 4.76. The topological polar surface area (TPSA) is 93.2 Å². The molecule has 2 atom stereocenters. The third-order valence-corrected chi connectivity index (χ3v) is 11.9. The van der Waals surface area contributed by atoms with Crippen LogP contribution in [0.2, 0.25) is 5.02 Å². The van der Waals surface area contributed by atoms with E-state index in [1.165, 1.54) is 35.2 Å². The monoisotopic (exact) mass is 687 g/mol. The number of morpholine rings is 1. The smallest absolute Gasteiger partial charge is 0.329 e. The number of halogens is 1. The Morgan fingerprint density at radius 3 is 2.69 bits per heavy atom. The lowest BCUT2D eigenvalue weighted by molar-refractivity contribution is -0.144. The summed E-state index contributed by atoms with van der Waals surface area (Å²) in [5, 5.41) is 14.6. The Balaban J connectivity index is 1.10. The van der Waals surface area contributed by atoms with Gasteiger partial charge >= 0.3 is 5.97 Å². The zero-order valence-electron chi connectivity index (χ0n) is 28.7. The fourth-order valence-electron chi connectivity index (χ4n) is 8.94. The van der Waals surface area contributed by atoms with Crippen LogP contribution in [0.25, 0.3) is 0 Å². The minimum absolute atomic E-state index is 0.127. The van der Waals surface area contributed by atoms with Gasteiger partial charge in [-0.15, -0.1) is 0 Å². The van der Waals surface area contributed by atoms with E-state index in [2.05, 4.69) is 40.3 Å². The van der Waals surface area contributed by atoms with Gasteiger partial charge in [-0.25, -0.2) is 4.79 Å². The molecule has 8 nitrogen and oxygen atoms in total. The molecular weight excluding hydrogens is 638 g/mol. The molecule has 0 amide bonds. The maximum Gasteiger partial charge on any atom is 0.329 e. The van der Waals surface area contributed by atoms with Crippen molar-refractivity contribution in [3.63, 3.8) is 0 Å². The van der Waals surface area contributed by atoms with Crippen LogP contribution in [0.3, 0.4) is 0 Å². The number of benzene rings is 2. The predicted octanol–water partition coefficient (Wildman–Crippen LogP) is 7.35. The molecule has 1 aliphatic heterocycles. The molecular formula is C40H50ClN3O5. The largest absolute Gasteiger partial charge is 0.493 e.